The van der Waals surface area contributed by atoms with Crippen molar-refractivity contribution >= 4 is 54.3 Å². The molecule has 0 amide bonds. The van der Waals surface area contributed by atoms with E-state index in [1.54, 1.807) is 12.1 Å². The predicted octanol–water partition coefficient (Wildman–Crippen LogP) is 2.74. The second-order valence-corrected chi connectivity index (χ2v) is 10.6. The molecule has 0 radical (unpaired) electrons. The fourth-order valence-electron chi connectivity index (χ4n) is 3.08. The summed E-state index contributed by atoms with van der Waals surface area (Å²) in [5.41, 5.74) is 1.03. The number of aliphatic imine (C=N–C) groups is 1. The maximum atomic E-state index is 12.8. The SMILES string of the molecule is O=S(=O)(NC1=NCCCCC1)c1ccc(NS(=O)(=O)c2cccc3nsnc23)cc1. The lowest BCUT2D eigenvalue weighted by atomic mass is 10.2. The summed E-state index contributed by atoms with van der Waals surface area (Å²) in [5.74, 6) is 0.460. The Labute approximate surface area is 178 Å². The molecule has 0 atom stereocenters. The quantitative estimate of drug-likeness (QED) is 0.596. The molecule has 0 bridgehead atoms. The molecule has 0 spiro atoms. The standard InChI is InChI=1S/C18H19N5O4S3/c24-29(25,23-17-7-2-1-3-12-19-17)14-10-8-13(9-11-14)22-30(26,27)16-6-4-5-15-18(16)21-28-20-15/h4-6,8-11,22H,1-3,7,12H2,(H,19,23). The van der Waals surface area contributed by atoms with Gasteiger partial charge in [-0.05, 0) is 49.2 Å². The predicted molar refractivity (Wildman–Crippen MR) is 116 cm³/mol. The number of sulfonamides is 2. The van der Waals surface area contributed by atoms with Crippen molar-refractivity contribution in [1.29, 1.82) is 0 Å². The Morgan fingerprint density at radius 3 is 2.43 bits per heavy atom. The van der Waals surface area contributed by atoms with Crippen molar-refractivity contribution < 1.29 is 16.8 Å². The van der Waals surface area contributed by atoms with Crippen LogP contribution in [0.2, 0.25) is 0 Å². The van der Waals surface area contributed by atoms with E-state index < -0.39 is 20.0 Å². The van der Waals surface area contributed by atoms with Crippen molar-refractivity contribution in [3.63, 3.8) is 0 Å². The number of anilines is 1. The molecule has 0 saturated heterocycles. The first-order valence-corrected chi connectivity index (χ1v) is 13.0. The van der Waals surface area contributed by atoms with Gasteiger partial charge in [0.15, 0.2) is 0 Å². The maximum absolute atomic E-state index is 12.8. The second kappa shape index (κ2) is 8.28. The zero-order valence-corrected chi connectivity index (χ0v) is 18.2. The fraction of sp³-hybridized carbons (Fsp3) is 0.278. The van der Waals surface area contributed by atoms with E-state index in [0.29, 0.717) is 29.8 Å². The maximum Gasteiger partial charge on any atom is 0.264 e. The Balaban J connectivity index is 1.53. The lowest BCUT2D eigenvalue weighted by Gasteiger charge is -2.11. The highest BCUT2D eigenvalue weighted by molar-refractivity contribution is 7.93. The fourth-order valence-corrected chi connectivity index (χ4v) is 6.00. The molecule has 1 aliphatic rings. The smallest absolute Gasteiger partial charge is 0.264 e. The molecule has 2 aromatic carbocycles. The Morgan fingerprint density at radius 1 is 0.833 bits per heavy atom. The van der Waals surface area contributed by atoms with Crippen LogP contribution in [0.1, 0.15) is 25.7 Å². The molecule has 2 heterocycles. The van der Waals surface area contributed by atoms with Crippen molar-refractivity contribution in [1.82, 2.24) is 13.5 Å². The Morgan fingerprint density at radius 2 is 1.63 bits per heavy atom. The van der Waals surface area contributed by atoms with Gasteiger partial charge in [0.2, 0.25) is 0 Å². The van der Waals surface area contributed by atoms with Crippen LogP contribution in [0.15, 0.2) is 57.2 Å². The minimum Gasteiger partial charge on any atom is -0.280 e. The Bertz CT molecular complexity index is 1300. The number of fused-ring (bicyclic) bond motifs is 1. The normalized spacial score (nSPS) is 15.4. The van der Waals surface area contributed by atoms with Crippen molar-refractivity contribution in [2.24, 2.45) is 4.99 Å². The van der Waals surface area contributed by atoms with E-state index in [4.69, 9.17) is 0 Å². The third-order valence-corrected chi connectivity index (χ3v) is 7.93. The Kier molecular flexibility index (Phi) is 5.71. The molecule has 1 aromatic heterocycles. The van der Waals surface area contributed by atoms with E-state index >= 15 is 0 Å². The van der Waals surface area contributed by atoms with Crippen molar-refractivity contribution in [2.45, 2.75) is 35.5 Å². The zero-order chi connectivity index (χ0) is 21.2. The highest BCUT2D eigenvalue weighted by atomic mass is 32.2. The molecule has 0 fully saturated rings. The number of rotatable bonds is 5. The van der Waals surface area contributed by atoms with Crippen LogP contribution in [0.5, 0.6) is 0 Å². The van der Waals surface area contributed by atoms with Gasteiger partial charge in [0.05, 0.1) is 16.6 Å². The summed E-state index contributed by atoms with van der Waals surface area (Å²) < 4.78 is 63.8. The van der Waals surface area contributed by atoms with E-state index in [2.05, 4.69) is 23.2 Å². The monoisotopic (exact) mass is 465 g/mol. The molecule has 12 heteroatoms. The van der Waals surface area contributed by atoms with Gasteiger partial charge in [0.25, 0.3) is 20.0 Å². The van der Waals surface area contributed by atoms with Gasteiger partial charge in [0.1, 0.15) is 21.8 Å². The molecule has 158 valence electrons. The minimum absolute atomic E-state index is 0.0125. The largest absolute Gasteiger partial charge is 0.280 e. The summed E-state index contributed by atoms with van der Waals surface area (Å²) in [6, 6.07) is 10.2. The molecule has 0 unspecified atom stereocenters. The van der Waals surface area contributed by atoms with Gasteiger partial charge in [-0.3, -0.25) is 14.4 Å². The highest BCUT2D eigenvalue weighted by Gasteiger charge is 2.21. The number of benzene rings is 2. The molecule has 9 nitrogen and oxygen atoms in total. The van der Waals surface area contributed by atoms with Gasteiger partial charge >= 0.3 is 0 Å². The third-order valence-electron chi connectivity index (χ3n) is 4.58. The van der Waals surface area contributed by atoms with Crippen LogP contribution >= 0.6 is 11.7 Å². The van der Waals surface area contributed by atoms with Crippen LogP contribution in [0, 0.1) is 0 Å². The number of nitrogens with zero attached hydrogens (tertiary/aromatic N) is 3. The molecule has 30 heavy (non-hydrogen) atoms. The van der Waals surface area contributed by atoms with Gasteiger partial charge in [-0.15, -0.1) is 0 Å². The number of nitrogens with one attached hydrogen (secondary N) is 2. The minimum atomic E-state index is -3.91. The molecule has 4 rings (SSSR count). The number of hydrogen-bond acceptors (Lipinski definition) is 8. The molecular formula is C18H19N5O4S3. The van der Waals surface area contributed by atoms with Gasteiger partial charge in [-0.2, -0.15) is 8.75 Å². The van der Waals surface area contributed by atoms with Crippen LogP contribution in [0.25, 0.3) is 11.0 Å². The highest BCUT2D eigenvalue weighted by Crippen LogP contribution is 2.24. The van der Waals surface area contributed by atoms with E-state index in [9.17, 15) is 16.8 Å². The number of amidine groups is 1. The van der Waals surface area contributed by atoms with Gasteiger partial charge in [-0.1, -0.05) is 12.5 Å². The zero-order valence-electron chi connectivity index (χ0n) is 15.8. The van der Waals surface area contributed by atoms with Crippen LogP contribution in [0.3, 0.4) is 0 Å². The lowest BCUT2D eigenvalue weighted by molar-refractivity contribution is 0.591. The topological polar surface area (TPSA) is 130 Å². The van der Waals surface area contributed by atoms with E-state index in [1.807, 2.05) is 0 Å². The average Bonchev–Trinajstić information content (AvgIpc) is 3.05. The molecule has 2 N–H and O–H groups in total. The van der Waals surface area contributed by atoms with E-state index in [1.165, 1.54) is 30.3 Å². The Hall–Kier alpha value is -2.57. The van der Waals surface area contributed by atoms with Crippen LogP contribution < -0.4 is 9.44 Å². The van der Waals surface area contributed by atoms with Crippen molar-refractivity contribution in [2.75, 3.05) is 11.3 Å². The first-order chi connectivity index (χ1) is 14.4. The second-order valence-electron chi connectivity index (χ2n) is 6.76. The van der Waals surface area contributed by atoms with E-state index in [-0.39, 0.29) is 15.5 Å². The van der Waals surface area contributed by atoms with Crippen LogP contribution in [0.4, 0.5) is 5.69 Å². The van der Waals surface area contributed by atoms with Gasteiger partial charge < -0.3 is 0 Å². The summed E-state index contributed by atoms with van der Waals surface area (Å²) >= 11 is 0.934. The molecular weight excluding hydrogens is 446 g/mol. The van der Waals surface area contributed by atoms with Crippen LogP contribution in [-0.4, -0.2) is 38.0 Å². The summed E-state index contributed by atoms with van der Waals surface area (Å²) in [6.07, 6.45) is 3.45. The number of aromatic nitrogens is 2. The number of hydrogen-bond donors (Lipinski definition) is 2. The van der Waals surface area contributed by atoms with Crippen LogP contribution in [-0.2, 0) is 20.0 Å². The molecule has 3 aromatic rings. The molecule has 1 aliphatic heterocycles. The van der Waals surface area contributed by atoms with Gasteiger partial charge in [0, 0.05) is 18.7 Å². The van der Waals surface area contributed by atoms with Crippen molar-refractivity contribution in [3.05, 3.63) is 42.5 Å². The average molecular weight is 466 g/mol. The molecule has 0 saturated carbocycles. The van der Waals surface area contributed by atoms with Crippen molar-refractivity contribution in [3.8, 4) is 0 Å². The summed E-state index contributed by atoms with van der Waals surface area (Å²) in [5, 5.41) is 0. The summed E-state index contributed by atoms with van der Waals surface area (Å²) in [4.78, 5) is 4.32. The molecule has 0 aliphatic carbocycles. The first kappa shape index (κ1) is 20.7. The van der Waals surface area contributed by atoms with E-state index in [0.717, 1.165) is 31.0 Å². The first-order valence-electron chi connectivity index (χ1n) is 9.25. The third kappa shape index (κ3) is 4.45. The van der Waals surface area contributed by atoms with Gasteiger partial charge in [-0.25, -0.2) is 16.8 Å². The summed E-state index contributed by atoms with van der Waals surface area (Å²) in [6.45, 7) is 0.611. The summed E-state index contributed by atoms with van der Waals surface area (Å²) in [7, 11) is -7.70. The lowest BCUT2D eigenvalue weighted by Crippen LogP contribution is -2.30.